The van der Waals surface area contributed by atoms with Crippen molar-refractivity contribution in [1.82, 2.24) is 25.4 Å². The number of methoxy groups -OCH3 is 1. The van der Waals surface area contributed by atoms with E-state index in [1.54, 1.807) is 30.5 Å². The van der Waals surface area contributed by atoms with Gasteiger partial charge in [-0.05, 0) is 18.4 Å². The Bertz CT molecular complexity index is 1280. The lowest BCUT2D eigenvalue weighted by Crippen LogP contribution is -2.56. The van der Waals surface area contributed by atoms with Gasteiger partial charge in [-0.15, -0.1) is 0 Å². The third-order valence-electron chi connectivity index (χ3n) is 6.26. The zero-order valence-corrected chi connectivity index (χ0v) is 24.9. The summed E-state index contributed by atoms with van der Waals surface area (Å²) in [5.74, 6) is -2.60. The first-order valence-electron chi connectivity index (χ1n) is 12.1. The Labute approximate surface area is 243 Å². The van der Waals surface area contributed by atoms with E-state index in [-0.39, 0.29) is 22.9 Å². The number of pyridine rings is 1. The summed E-state index contributed by atoms with van der Waals surface area (Å²) in [6.45, 7) is -0.407. The summed E-state index contributed by atoms with van der Waals surface area (Å²) < 4.78 is 4.85. The van der Waals surface area contributed by atoms with Crippen LogP contribution < -0.4 is 10.6 Å². The first kappa shape index (κ1) is 31.4. The third kappa shape index (κ3) is 7.52. The van der Waals surface area contributed by atoms with Crippen LogP contribution in [0.1, 0.15) is 10.5 Å². The molecule has 0 bridgehead atoms. The second-order valence-corrected chi connectivity index (χ2v) is 12.3. The summed E-state index contributed by atoms with van der Waals surface area (Å²) in [7, 11) is 6.69. The molecule has 0 radical (unpaired) electrons. The number of aromatic hydroxyl groups is 1. The van der Waals surface area contributed by atoms with Crippen molar-refractivity contribution in [3.05, 3.63) is 36.0 Å². The second-order valence-electron chi connectivity index (χ2n) is 8.83. The highest BCUT2D eigenvalue weighted by Gasteiger charge is 2.36. The van der Waals surface area contributed by atoms with Crippen molar-refractivity contribution >= 4 is 73.9 Å². The molecular weight excluding hydrogens is 579 g/mol. The molecule has 216 valence electrons. The maximum atomic E-state index is 13.4. The minimum absolute atomic E-state index is 0.114. The van der Waals surface area contributed by atoms with Gasteiger partial charge in [0.2, 0.25) is 17.7 Å². The minimum Gasteiger partial charge on any atom is -0.505 e. The number of amides is 4. The van der Waals surface area contributed by atoms with Crippen LogP contribution in [-0.2, 0) is 23.9 Å². The van der Waals surface area contributed by atoms with Crippen LogP contribution in [0.15, 0.2) is 30.3 Å². The van der Waals surface area contributed by atoms with Crippen LogP contribution in [-0.4, -0.2) is 119 Å². The minimum atomic E-state index is -1.05. The predicted octanol–water partition coefficient (Wildman–Crippen LogP) is 0.740. The van der Waals surface area contributed by atoms with E-state index in [9.17, 15) is 29.1 Å². The molecule has 15 heteroatoms. The van der Waals surface area contributed by atoms with Crippen LogP contribution in [0, 0.1) is 0 Å². The maximum Gasteiger partial charge on any atom is 0.329 e. The topological polar surface area (TPSA) is 158 Å². The van der Waals surface area contributed by atoms with Crippen LogP contribution in [0.3, 0.4) is 0 Å². The highest BCUT2D eigenvalue weighted by Crippen LogP contribution is 2.27. The Balaban J connectivity index is 1.74. The summed E-state index contributed by atoms with van der Waals surface area (Å²) in [5.41, 5.74) is 0.275. The molecule has 2 heterocycles. The van der Waals surface area contributed by atoms with Gasteiger partial charge < -0.3 is 30.3 Å². The van der Waals surface area contributed by atoms with Crippen molar-refractivity contribution in [3.63, 3.8) is 0 Å². The molecule has 0 spiro atoms. The molecule has 40 heavy (non-hydrogen) atoms. The molecule has 1 aliphatic heterocycles. The van der Waals surface area contributed by atoms with Crippen LogP contribution >= 0.6 is 33.3 Å². The Hall–Kier alpha value is -3.17. The number of ether oxygens (including phenoxy) is 1. The number of carbonyl (C=O) groups is 5. The molecule has 1 saturated heterocycles. The van der Waals surface area contributed by atoms with E-state index >= 15 is 0 Å². The lowest BCUT2D eigenvalue weighted by Gasteiger charge is -2.33. The molecule has 4 amide bonds. The average Bonchev–Trinajstić information content (AvgIpc) is 2.97. The summed E-state index contributed by atoms with van der Waals surface area (Å²) in [4.78, 5) is 71.3. The van der Waals surface area contributed by atoms with E-state index < -0.39 is 54.3 Å². The lowest BCUT2D eigenvalue weighted by atomic mass is 10.1. The molecule has 0 aliphatic carbocycles. The molecule has 0 unspecified atom stereocenters. The monoisotopic (exact) mass is 609 g/mol. The molecule has 1 aromatic carbocycles. The van der Waals surface area contributed by atoms with Gasteiger partial charge >= 0.3 is 5.97 Å². The van der Waals surface area contributed by atoms with Gasteiger partial charge in [-0.2, -0.15) is 11.8 Å². The van der Waals surface area contributed by atoms with Gasteiger partial charge in [0.05, 0.1) is 19.2 Å². The second kappa shape index (κ2) is 14.5. The lowest BCUT2D eigenvalue weighted by molar-refractivity contribution is -0.153. The summed E-state index contributed by atoms with van der Waals surface area (Å²) in [5, 5.41) is 16.1. The van der Waals surface area contributed by atoms with Crippen molar-refractivity contribution in [3.8, 4) is 5.75 Å². The van der Waals surface area contributed by atoms with Gasteiger partial charge in [-0.3, -0.25) is 19.2 Å². The van der Waals surface area contributed by atoms with Gasteiger partial charge in [0.15, 0.2) is 5.69 Å². The first-order valence-corrected chi connectivity index (χ1v) is 16.0. The number of esters is 1. The Morgan fingerprint density at radius 2 is 1.98 bits per heavy atom. The molecule has 1 aromatic heterocycles. The van der Waals surface area contributed by atoms with Crippen molar-refractivity contribution in [1.29, 1.82) is 0 Å². The third-order valence-corrected chi connectivity index (χ3v) is 9.31. The number of nitrogens with one attached hydrogen (secondary N) is 2. The molecule has 1 fully saturated rings. The van der Waals surface area contributed by atoms with E-state index in [0.29, 0.717) is 16.7 Å². The van der Waals surface area contributed by atoms with E-state index in [1.165, 1.54) is 70.4 Å². The fourth-order valence-corrected chi connectivity index (χ4v) is 6.97. The molecule has 3 atom stereocenters. The molecule has 3 rings (SSSR count). The number of nitrogens with zero attached hydrogens (tertiary/aromatic N) is 3. The normalized spacial score (nSPS) is 19.2. The number of rotatable bonds is 7. The van der Waals surface area contributed by atoms with Crippen molar-refractivity contribution in [2.75, 3.05) is 51.3 Å². The van der Waals surface area contributed by atoms with Gasteiger partial charge in [0.25, 0.3) is 5.91 Å². The first-order chi connectivity index (χ1) is 19.1. The number of hydrogen-bond acceptors (Lipinski definition) is 11. The van der Waals surface area contributed by atoms with Gasteiger partial charge in [-0.1, -0.05) is 39.8 Å². The number of aromatic nitrogens is 1. The number of fused-ring (bicyclic) bond motifs is 1. The maximum absolute atomic E-state index is 13.4. The van der Waals surface area contributed by atoms with E-state index in [0.717, 1.165) is 0 Å². The molecule has 12 nitrogen and oxygen atoms in total. The predicted molar refractivity (Wildman–Crippen MR) is 156 cm³/mol. The van der Waals surface area contributed by atoms with Gasteiger partial charge in [0, 0.05) is 36.7 Å². The van der Waals surface area contributed by atoms with E-state index in [1.807, 2.05) is 0 Å². The Morgan fingerprint density at radius 3 is 2.67 bits per heavy atom. The Morgan fingerprint density at radius 1 is 1.27 bits per heavy atom. The number of thioether (sulfide) groups is 1. The van der Waals surface area contributed by atoms with Crippen LogP contribution in [0.25, 0.3) is 10.9 Å². The van der Waals surface area contributed by atoms with Crippen LogP contribution in [0.2, 0.25) is 0 Å². The van der Waals surface area contributed by atoms with Crippen molar-refractivity contribution in [2.45, 2.75) is 18.1 Å². The fourth-order valence-electron chi connectivity index (χ4n) is 3.86. The highest BCUT2D eigenvalue weighted by atomic mass is 33.1. The smallest absolute Gasteiger partial charge is 0.329 e. The molecular formula is C25H31N5O7S3. The molecule has 2 aromatic rings. The SMILES string of the molecule is COC(=O)[C@H](CSC)N(C)C(=O)[C@@H]1CSSC[C@@H](NC(=O)c2nc3ccccc3cc2O)C(=O)NCC(=O)N1C. The van der Waals surface area contributed by atoms with Gasteiger partial charge in [0.1, 0.15) is 23.9 Å². The van der Waals surface area contributed by atoms with Gasteiger partial charge in [-0.25, -0.2) is 9.78 Å². The number of likely N-dealkylation sites (N-methyl/N-ethyl adjacent to an activating group) is 2. The molecule has 0 saturated carbocycles. The largest absolute Gasteiger partial charge is 0.505 e. The molecule has 1 aliphatic rings. The number of para-hydroxylation sites is 1. The summed E-state index contributed by atoms with van der Waals surface area (Å²) >= 11 is 1.38. The molecule has 3 N–H and O–H groups in total. The average molecular weight is 610 g/mol. The number of carbonyl (C=O) groups excluding carboxylic acids is 5. The summed E-state index contributed by atoms with van der Waals surface area (Å²) in [6, 6.07) is 5.62. The highest BCUT2D eigenvalue weighted by molar-refractivity contribution is 8.76. The van der Waals surface area contributed by atoms with Crippen LogP contribution in [0.4, 0.5) is 0 Å². The zero-order chi connectivity index (χ0) is 29.4. The van der Waals surface area contributed by atoms with Crippen LogP contribution in [0.5, 0.6) is 5.75 Å². The Kier molecular flexibility index (Phi) is 11.3. The standard InChI is InChI=1S/C25H31N5O7S3/c1-29-17(24(35)30(2)18(12-38-4)25(36)37-3)13-40-39-11-16(22(33)26-10-20(29)32)28-23(34)21-19(31)9-14-7-5-6-8-15(14)27-21/h5-9,16-18,31H,10-13H2,1-4H3,(H,26,33)(H,28,34)/t16-,17+,18+/m1/s1. The van der Waals surface area contributed by atoms with Crippen molar-refractivity contribution < 1.29 is 33.8 Å². The van der Waals surface area contributed by atoms with E-state index in [2.05, 4.69) is 15.6 Å². The fraction of sp³-hybridized carbons (Fsp3) is 0.440. The van der Waals surface area contributed by atoms with E-state index in [4.69, 9.17) is 4.74 Å². The number of benzene rings is 1. The van der Waals surface area contributed by atoms with Crippen molar-refractivity contribution in [2.24, 2.45) is 0 Å². The zero-order valence-electron chi connectivity index (χ0n) is 22.4. The number of hydrogen-bond donors (Lipinski definition) is 3. The quantitative estimate of drug-likeness (QED) is 0.300. The summed E-state index contributed by atoms with van der Waals surface area (Å²) in [6.07, 6.45) is 1.80.